The fourth-order valence-corrected chi connectivity index (χ4v) is 4.88. The summed E-state index contributed by atoms with van der Waals surface area (Å²) in [6, 6.07) is 15.5. The number of ether oxygens (including phenoxy) is 1. The molecule has 1 amide bonds. The van der Waals surface area contributed by atoms with E-state index in [0.29, 0.717) is 16.7 Å². The van der Waals surface area contributed by atoms with E-state index in [-0.39, 0.29) is 11.7 Å². The van der Waals surface area contributed by atoms with Crippen molar-refractivity contribution >= 4 is 35.2 Å². The maximum absolute atomic E-state index is 12.5. The van der Waals surface area contributed by atoms with Crippen LogP contribution in [-0.4, -0.2) is 53.2 Å². The quantitative estimate of drug-likeness (QED) is 0.454. The molecule has 1 N–H and O–H groups in total. The van der Waals surface area contributed by atoms with Gasteiger partial charge in [-0.15, -0.1) is 10.2 Å². The molecule has 174 valence electrons. The third-order valence-electron chi connectivity index (χ3n) is 5.54. The van der Waals surface area contributed by atoms with Crippen molar-refractivity contribution in [3.8, 4) is 11.4 Å². The number of carbonyl (C=O) groups excluding carboxylic acids is 1. The minimum absolute atomic E-state index is 0.0453. The van der Waals surface area contributed by atoms with Gasteiger partial charge in [0.05, 0.1) is 18.6 Å². The van der Waals surface area contributed by atoms with Gasteiger partial charge in [0.2, 0.25) is 11.9 Å². The molecule has 0 atom stereocenters. The lowest BCUT2D eigenvalue weighted by molar-refractivity contribution is -0.118. The molecular formula is C24H28ClN5O2S. The van der Waals surface area contributed by atoms with E-state index >= 15 is 0 Å². The molecule has 7 nitrogen and oxygen atoms in total. The van der Waals surface area contributed by atoms with Crippen molar-refractivity contribution < 1.29 is 9.53 Å². The molecule has 33 heavy (non-hydrogen) atoms. The van der Waals surface area contributed by atoms with Crippen LogP contribution in [0.15, 0.2) is 53.7 Å². The van der Waals surface area contributed by atoms with E-state index in [2.05, 4.69) is 20.4 Å². The number of thioether (sulfide) groups is 1. The molecule has 0 radical (unpaired) electrons. The first-order valence-electron chi connectivity index (χ1n) is 11.1. The number of hydrogen-bond donors (Lipinski definition) is 1. The number of para-hydroxylation sites is 2. The molecule has 1 aliphatic heterocycles. The molecule has 1 aromatic heterocycles. The van der Waals surface area contributed by atoms with E-state index in [1.54, 1.807) is 7.11 Å². The number of rotatable bonds is 9. The molecule has 0 aliphatic carbocycles. The van der Waals surface area contributed by atoms with Crippen molar-refractivity contribution in [3.63, 3.8) is 0 Å². The summed E-state index contributed by atoms with van der Waals surface area (Å²) in [5.41, 5.74) is 1.96. The van der Waals surface area contributed by atoms with E-state index in [9.17, 15) is 4.79 Å². The van der Waals surface area contributed by atoms with E-state index < -0.39 is 0 Å². The van der Waals surface area contributed by atoms with Gasteiger partial charge >= 0.3 is 0 Å². The van der Waals surface area contributed by atoms with Crippen LogP contribution < -0.4 is 15.0 Å². The van der Waals surface area contributed by atoms with Gasteiger partial charge in [0, 0.05) is 24.7 Å². The molecule has 3 aromatic rings. The SMILES string of the molecule is COc1ccccc1-n1c(SCC(=O)NCCc2cccc(Cl)c2)nnc1N1CCCCC1. The van der Waals surface area contributed by atoms with Crippen molar-refractivity contribution in [2.75, 3.05) is 37.4 Å². The van der Waals surface area contributed by atoms with Gasteiger partial charge in [0.15, 0.2) is 5.16 Å². The molecule has 1 saturated heterocycles. The molecule has 4 rings (SSSR count). The number of benzene rings is 2. The number of methoxy groups -OCH3 is 1. The Morgan fingerprint density at radius 3 is 2.73 bits per heavy atom. The summed E-state index contributed by atoms with van der Waals surface area (Å²) in [6.45, 7) is 2.45. The molecular weight excluding hydrogens is 458 g/mol. The van der Waals surface area contributed by atoms with Gasteiger partial charge in [0.1, 0.15) is 5.75 Å². The highest BCUT2D eigenvalue weighted by Gasteiger charge is 2.23. The van der Waals surface area contributed by atoms with Crippen LogP contribution >= 0.6 is 23.4 Å². The second-order valence-electron chi connectivity index (χ2n) is 7.86. The van der Waals surface area contributed by atoms with E-state index in [1.807, 2.05) is 53.1 Å². The van der Waals surface area contributed by atoms with Crippen LogP contribution in [-0.2, 0) is 11.2 Å². The van der Waals surface area contributed by atoms with Crippen LogP contribution in [0, 0.1) is 0 Å². The molecule has 0 saturated carbocycles. The Kier molecular flexibility index (Phi) is 8.12. The summed E-state index contributed by atoms with van der Waals surface area (Å²) in [7, 11) is 1.66. The Labute approximate surface area is 203 Å². The van der Waals surface area contributed by atoms with E-state index in [4.69, 9.17) is 16.3 Å². The third-order valence-corrected chi connectivity index (χ3v) is 6.70. The van der Waals surface area contributed by atoms with Crippen molar-refractivity contribution in [2.45, 2.75) is 30.8 Å². The highest BCUT2D eigenvalue weighted by Crippen LogP contribution is 2.32. The number of nitrogens with one attached hydrogen (secondary N) is 1. The van der Waals surface area contributed by atoms with Crippen molar-refractivity contribution in [1.82, 2.24) is 20.1 Å². The maximum atomic E-state index is 12.5. The highest BCUT2D eigenvalue weighted by atomic mass is 35.5. The van der Waals surface area contributed by atoms with Gasteiger partial charge in [-0.1, -0.05) is 47.6 Å². The molecule has 1 aliphatic rings. The van der Waals surface area contributed by atoms with Gasteiger partial charge in [-0.05, 0) is 55.5 Å². The van der Waals surface area contributed by atoms with Crippen LogP contribution in [0.2, 0.25) is 5.02 Å². The van der Waals surface area contributed by atoms with E-state index in [1.165, 1.54) is 18.2 Å². The first-order chi connectivity index (χ1) is 16.2. The minimum atomic E-state index is -0.0453. The fraction of sp³-hybridized carbons (Fsp3) is 0.375. The number of halogens is 1. The zero-order valence-corrected chi connectivity index (χ0v) is 20.2. The summed E-state index contributed by atoms with van der Waals surface area (Å²) in [6.07, 6.45) is 4.23. The van der Waals surface area contributed by atoms with Crippen LogP contribution in [0.1, 0.15) is 24.8 Å². The van der Waals surface area contributed by atoms with Gasteiger partial charge in [-0.25, -0.2) is 0 Å². The average Bonchev–Trinajstić information content (AvgIpc) is 3.27. The number of anilines is 1. The topological polar surface area (TPSA) is 72.3 Å². The lowest BCUT2D eigenvalue weighted by atomic mass is 10.1. The third kappa shape index (κ3) is 6.00. The summed E-state index contributed by atoms with van der Waals surface area (Å²) < 4.78 is 7.61. The van der Waals surface area contributed by atoms with Crippen molar-refractivity contribution in [2.24, 2.45) is 0 Å². The zero-order chi connectivity index (χ0) is 23.0. The van der Waals surface area contributed by atoms with Gasteiger partial charge in [0.25, 0.3) is 0 Å². The molecule has 0 spiro atoms. The van der Waals surface area contributed by atoms with Crippen LogP contribution in [0.3, 0.4) is 0 Å². The number of amides is 1. The molecule has 1 fully saturated rings. The number of carbonyl (C=O) groups is 1. The number of hydrogen-bond acceptors (Lipinski definition) is 6. The maximum Gasteiger partial charge on any atom is 0.232 e. The monoisotopic (exact) mass is 485 g/mol. The second-order valence-corrected chi connectivity index (χ2v) is 9.24. The molecule has 0 unspecified atom stereocenters. The number of nitrogens with zero attached hydrogens (tertiary/aromatic N) is 4. The lowest BCUT2D eigenvalue weighted by Crippen LogP contribution is -2.32. The highest BCUT2D eigenvalue weighted by molar-refractivity contribution is 7.99. The van der Waals surface area contributed by atoms with Gasteiger partial charge in [-0.2, -0.15) is 0 Å². The van der Waals surface area contributed by atoms with E-state index in [0.717, 1.165) is 55.3 Å². The number of piperidine rings is 1. The lowest BCUT2D eigenvalue weighted by Gasteiger charge is -2.28. The smallest absolute Gasteiger partial charge is 0.232 e. The predicted molar refractivity (Wildman–Crippen MR) is 133 cm³/mol. The molecule has 2 aromatic carbocycles. The van der Waals surface area contributed by atoms with Crippen LogP contribution in [0.5, 0.6) is 5.75 Å². The predicted octanol–water partition coefficient (Wildman–Crippen LogP) is 4.37. The average molecular weight is 486 g/mol. The minimum Gasteiger partial charge on any atom is -0.495 e. The van der Waals surface area contributed by atoms with Gasteiger partial charge in [-0.3, -0.25) is 9.36 Å². The summed E-state index contributed by atoms with van der Waals surface area (Å²) >= 11 is 7.41. The Hall–Kier alpha value is -2.71. The second kappa shape index (κ2) is 11.4. The summed E-state index contributed by atoms with van der Waals surface area (Å²) in [5, 5.41) is 13.3. The normalized spacial score (nSPS) is 13.7. The standard InChI is InChI=1S/C24H28ClN5O2S/c1-32-21-11-4-3-10-20(21)30-23(29-14-5-2-6-15-29)27-28-24(30)33-17-22(31)26-13-12-18-8-7-9-19(25)16-18/h3-4,7-11,16H,2,5-6,12-15,17H2,1H3,(H,26,31). The summed E-state index contributed by atoms with van der Waals surface area (Å²) in [5.74, 6) is 1.74. The Bertz CT molecular complexity index is 1080. The first kappa shape index (κ1) is 23.4. The Morgan fingerprint density at radius 2 is 1.94 bits per heavy atom. The zero-order valence-electron chi connectivity index (χ0n) is 18.7. The Morgan fingerprint density at radius 1 is 1.12 bits per heavy atom. The van der Waals surface area contributed by atoms with Crippen molar-refractivity contribution in [1.29, 1.82) is 0 Å². The fourth-order valence-electron chi connectivity index (χ4n) is 3.90. The summed E-state index contributed by atoms with van der Waals surface area (Å²) in [4.78, 5) is 14.8. The molecule has 9 heteroatoms. The molecule has 2 heterocycles. The van der Waals surface area contributed by atoms with Gasteiger partial charge < -0.3 is 15.0 Å². The number of aromatic nitrogens is 3. The Balaban J connectivity index is 1.45. The first-order valence-corrected chi connectivity index (χ1v) is 12.5. The van der Waals surface area contributed by atoms with Crippen LogP contribution in [0.25, 0.3) is 5.69 Å². The van der Waals surface area contributed by atoms with Crippen molar-refractivity contribution in [3.05, 3.63) is 59.1 Å². The molecule has 0 bridgehead atoms. The van der Waals surface area contributed by atoms with Crippen LogP contribution in [0.4, 0.5) is 5.95 Å². The largest absolute Gasteiger partial charge is 0.495 e.